The summed E-state index contributed by atoms with van der Waals surface area (Å²) in [6.45, 7) is 10.1. The van der Waals surface area contributed by atoms with Crippen molar-refractivity contribution in [2.24, 2.45) is 0 Å². The highest BCUT2D eigenvalue weighted by Gasteiger charge is 2.33. The summed E-state index contributed by atoms with van der Waals surface area (Å²) < 4.78 is 27.4. The lowest BCUT2D eigenvalue weighted by molar-refractivity contribution is -0.117. The SMILES string of the molecule is Cc1ccc(N2CCC(Nc3ccc(S(=O)(=O)N(C(C)C)C(C)C)cn3)C2=O)cc1. The maximum absolute atomic E-state index is 13.0. The van der Waals surface area contributed by atoms with Crippen molar-refractivity contribution in [3.8, 4) is 0 Å². The normalized spacial score (nSPS) is 17.4. The van der Waals surface area contributed by atoms with E-state index in [9.17, 15) is 13.2 Å². The van der Waals surface area contributed by atoms with Crippen molar-refractivity contribution in [3.05, 3.63) is 48.2 Å². The Morgan fingerprint density at radius 1 is 1.07 bits per heavy atom. The van der Waals surface area contributed by atoms with Crippen molar-refractivity contribution < 1.29 is 13.2 Å². The summed E-state index contributed by atoms with van der Waals surface area (Å²) in [5.41, 5.74) is 2.03. The van der Waals surface area contributed by atoms with E-state index in [-0.39, 0.29) is 28.9 Å². The molecule has 7 nitrogen and oxygen atoms in total. The van der Waals surface area contributed by atoms with E-state index >= 15 is 0 Å². The molecule has 8 heteroatoms. The fraction of sp³-hybridized carbons (Fsp3) is 0.455. The van der Waals surface area contributed by atoms with Gasteiger partial charge in [0.1, 0.15) is 16.8 Å². The molecule has 0 bridgehead atoms. The highest BCUT2D eigenvalue weighted by atomic mass is 32.2. The van der Waals surface area contributed by atoms with Gasteiger partial charge in [-0.05, 0) is 65.3 Å². The molecule has 0 spiro atoms. The third-order valence-electron chi connectivity index (χ3n) is 5.20. The quantitative estimate of drug-likeness (QED) is 0.728. The number of rotatable bonds is 7. The first-order chi connectivity index (χ1) is 14.1. The number of anilines is 2. The summed E-state index contributed by atoms with van der Waals surface area (Å²) in [5, 5.41) is 3.14. The van der Waals surface area contributed by atoms with Gasteiger partial charge in [-0.3, -0.25) is 4.79 Å². The molecule has 2 aromatic rings. The number of hydrogen-bond donors (Lipinski definition) is 1. The van der Waals surface area contributed by atoms with Crippen LogP contribution in [0.25, 0.3) is 0 Å². The van der Waals surface area contributed by atoms with Crippen molar-refractivity contribution in [2.45, 2.75) is 64.1 Å². The van der Waals surface area contributed by atoms with E-state index in [1.54, 1.807) is 17.0 Å². The van der Waals surface area contributed by atoms with Crippen LogP contribution in [0.3, 0.4) is 0 Å². The maximum atomic E-state index is 13.0. The van der Waals surface area contributed by atoms with Gasteiger partial charge < -0.3 is 10.2 Å². The Balaban J connectivity index is 1.72. The number of sulfonamides is 1. The van der Waals surface area contributed by atoms with E-state index in [0.29, 0.717) is 18.8 Å². The number of hydrogen-bond acceptors (Lipinski definition) is 5. The summed E-state index contributed by atoms with van der Waals surface area (Å²) in [7, 11) is -3.63. The zero-order valence-corrected chi connectivity index (χ0v) is 19.0. The largest absolute Gasteiger partial charge is 0.358 e. The molecule has 30 heavy (non-hydrogen) atoms. The molecule has 1 N–H and O–H groups in total. The van der Waals surface area contributed by atoms with Crippen LogP contribution in [-0.2, 0) is 14.8 Å². The predicted octanol–water partition coefficient (Wildman–Crippen LogP) is 3.41. The van der Waals surface area contributed by atoms with E-state index in [2.05, 4.69) is 10.3 Å². The van der Waals surface area contributed by atoms with Gasteiger partial charge in [0.2, 0.25) is 15.9 Å². The average molecular weight is 431 g/mol. The predicted molar refractivity (Wildman–Crippen MR) is 119 cm³/mol. The van der Waals surface area contributed by atoms with Crippen molar-refractivity contribution in [3.63, 3.8) is 0 Å². The van der Waals surface area contributed by atoms with Crippen molar-refractivity contribution in [2.75, 3.05) is 16.8 Å². The Labute approximate surface area is 179 Å². The number of aryl methyl sites for hydroxylation is 1. The summed E-state index contributed by atoms with van der Waals surface area (Å²) in [6.07, 6.45) is 2.01. The molecule has 1 fully saturated rings. The molecule has 1 aliphatic rings. The molecule has 0 radical (unpaired) electrons. The van der Waals surface area contributed by atoms with Gasteiger partial charge in [0.05, 0.1) is 0 Å². The average Bonchev–Trinajstić information content (AvgIpc) is 3.02. The number of nitrogens with zero attached hydrogens (tertiary/aromatic N) is 3. The van der Waals surface area contributed by atoms with Crippen LogP contribution in [-0.4, -0.2) is 48.3 Å². The topological polar surface area (TPSA) is 82.6 Å². The molecule has 1 unspecified atom stereocenters. The first-order valence-electron chi connectivity index (χ1n) is 10.3. The Bertz CT molecular complexity index is 978. The van der Waals surface area contributed by atoms with Gasteiger partial charge in [0.25, 0.3) is 0 Å². The van der Waals surface area contributed by atoms with Gasteiger partial charge in [-0.2, -0.15) is 4.31 Å². The van der Waals surface area contributed by atoms with Crippen LogP contribution in [0, 0.1) is 6.92 Å². The second-order valence-electron chi connectivity index (χ2n) is 8.21. The Hall–Kier alpha value is -2.45. The minimum Gasteiger partial charge on any atom is -0.358 e. The van der Waals surface area contributed by atoms with Gasteiger partial charge in [-0.25, -0.2) is 13.4 Å². The summed E-state index contributed by atoms with van der Waals surface area (Å²) in [6, 6.07) is 10.3. The second kappa shape index (κ2) is 8.73. The highest BCUT2D eigenvalue weighted by Crippen LogP contribution is 2.25. The van der Waals surface area contributed by atoms with Crippen LogP contribution < -0.4 is 10.2 Å². The first-order valence-corrected chi connectivity index (χ1v) is 11.7. The van der Waals surface area contributed by atoms with E-state index in [1.165, 1.54) is 10.5 Å². The highest BCUT2D eigenvalue weighted by molar-refractivity contribution is 7.89. The van der Waals surface area contributed by atoms with E-state index < -0.39 is 10.0 Å². The fourth-order valence-corrected chi connectivity index (χ4v) is 5.64. The number of amides is 1. The van der Waals surface area contributed by atoms with Gasteiger partial charge in [0, 0.05) is 30.5 Å². The molecule has 1 aromatic carbocycles. The minimum atomic E-state index is -3.63. The van der Waals surface area contributed by atoms with Crippen LogP contribution in [0.4, 0.5) is 11.5 Å². The van der Waals surface area contributed by atoms with Crippen molar-refractivity contribution >= 4 is 27.4 Å². The molecule has 162 valence electrons. The molecular formula is C22H30N4O3S. The summed E-state index contributed by atoms with van der Waals surface area (Å²) >= 11 is 0. The molecule has 1 saturated heterocycles. The Morgan fingerprint density at radius 2 is 1.70 bits per heavy atom. The molecular weight excluding hydrogens is 400 g/mol. The number of carbonyl (C=O) groups is 1. The van der Waals surface area contributed by atoms with E-state index in [0.717, 1.165) is 11.3 Å². The lowest BCUT2D eigenvalue weighted by Gasteiger charge is -2.29. The molecule has 3 rings (SSSR count). The monoisotopic (exact) mass is 430 g/mol. The number of benzene rings is 1. The molecule has 1 amide bonds. The van der Waals surface area contributed by atoms with Crippen LogP contribution >= 0.6 is 0 Å². The molecule has 0 aliphatic carbocycles. The molecule has 1 aliphatic heterocycles. The Morgan fingerprint density at radius 3 is 2.23 bits per heavy atom. The Kier molecular flexibility index (Phi) is 6.47. The van der Waals surface area contributed by atoms with Gasteiger partial charge in [-0.15, -0.1) is 0 Å². The van der Waals surface area contributed by atoms with Crippen LogP contribution in [0.5, 0.6) is 0 Å². The molecule has 0 saturated carbocycles. The number of pyridine rings is 1. The van der Waals surface area contributed by atoms with Crippen LogP contribution in [0.1, 0.15) is 39.7 Å². The van der Waals surface area contributed by atoms with Crippen molar-refractivity contribution in [1.29, 1.82) is 0 Å². The second-order valence-corrected chi connectivity index (χ2v) is 10.1. The third-order valence-corrected chi connectivity index (χ3v) is 7.44. The zero-order chi connectivity index (χ0) is 22.1. The number of aromatic nitrogens is 1. The lowest BCUT2D eigenvalue weighted by Crippen LogP contribution is -2.41. The number of nitrogens with one attached hydrogen (secondary N) is 1. The maximum Gasteiger partial charge on any atom is 0.249 e. The van der Waals surface area contributed by atoms with Crippen molar-refractivity contribution in [1.82, 2.24) is 9.29 Å². The van der Waals surface area contributed by atoms with Crippen LogP contribution in [0.15, 0.2) is 47.5 Å². The summed E-state index contributed by atoms with van der Waals surface area (Å²) in [4.78, 5) is 19.0. The van der Waals surface area contributed by atoms with Gasteiger partial charge in [-0.1, -0.05) is 17.7 Å². The standard InChI is InChI=1S/C22H30N4O3S/c1-15(2)26(16(3)4)30(28,29)19-10-11-21(23-14-19)24-20-12-13-25(22(20)27)18-8-6-17(5)7-9-18/h6-11,14-16,20H,12-13H2,1-5H3,(H,23,24). The number of carbonyl (C=O) groups excluding carboxylic acids is 1. The smallest absolute Gasteiger partial charge is 0.249 e. The minimum absolute atomic E-state index is 0.0110. The zero-order valence-electron chi connectivity index (χ0n) is 18.2. The third kappa shape index (κ3) is 4.49. The summed E-state index contributed by atoms with van der Waals surface area (Å²) in [5.74, 6) is 0.474. The van der Waals surface area contributed by atoms with E-state index in [4.69, 9.17) is 0 Å². The first kappa shape index (κ1) is 22.2. The lowest BCUT2D eigenvalue weighted by atomic mass is 10.2. The van der Waals surface area contributed by atoms with Gasteiger partial charge in [0.15, 0.2) is 0 Å². The molecule has 1 atom stereocenters. The molecule has 1 aromatic heterocycles. The van der Waals surface area contributed by atoms with Gasteiger partial charge >= 0.3 is 0 Å². The van der Waals surface area contributed by atoms with Crippen LogP contribution in [0.2, 0.25) is 0 Å². The van der Waals surface area contributed by atoms with E-state index in [1.807, 2.05) is 58.9 Å². The fourth-order valence-electron chi connectivity index (χ4n) is 3.86. The molecule has 2 heterocycles.